The number of aryl methyl sites for hydroxylation is 1. The second-order valence-electron chi connectivity index (χ2n) is 5.94. The molecule has 4 rings (SSSR count). The molecule has 0 saturated heterocycles. The van der Waals surface area contributed by atoms with Crippen molar-refractivity contribution >= 4 is 43.7 Å². The van der Waals surface area contributed by atoms with Gasteiger partial charge in [-0.15, -0.1) is 11.3 Å². The van der Waals surface area contributed by atoms with Crippen LogP contribution in [0.15, 0.2) is 60.7 Å². The average Bonchev–Trinajstić information content (AvgIpc) is 3.05. The van der Waals surface area contributed by atoms with Gasteiger partial charge in [0.1, 0.15) is 10.8 Å². The molecule has 1 aromatic heterocycles. The van der Waals surface area contributed by atoms with Crippen molar-refractivity contribution in [3.63, 3.8) is 0 Å². The molecule has 0 saturated carbocycles. The summed E-state index contributed by atoms with van der Waals surface area (Å²) < 4.78 is 1.14. The number of hydrogen-bond acceptors (Lipinski definition) is 3. The molecule has 118 valence electrons. The molecule has 24 heavy (non-hydrogen) atoms. The number of hydrogen-bond donors (Lipinski definition) is 1. The highest BCUT2D eigenvalue weighted by Gasteiger charge is 2.13. The van der Waals surface area contributed by atoms with E-state index in [4.69, 9.17) is 4.98 Å². The quantitative estimate of drug-likeness (QED) is 0.443. The van der Waals surface area contributed by atoms with Gasteiger partial charge in [0.15, 0.2) is 0 Å². The number of rotatable bonds is 2. The van der Waals surface area contributed by atoms with Crippen molar-refractivity contribution in [2.45, 2.75) is 13.8 Å². The van der Waals surface area contributed by atoms with E-state index in [1.165, 1.54) is 5.39 Å². The van der Waals surface area contributed by atoms with Gasteiger partial charge in [-0.2, -0.15) is 0 Å². The second kappa shape index (κ2) is 5.77. The molecule has 0 radical (unpaired) electrons. The number of aliphatic hydroxyl groups is 1. The minimum atomic E-state index is 0.302. The van der Waals surface area contributed by atoms with E-state index in [0.717, 1.165) is 37.3 Å². The molecule has 0 amide bonds. The van der Waals surface area contributed by atoms with Gasteiger partial charge in [-0.25, -0.2) is 4.98 Å². The van der Waals surface area contributed by atoms with Gasteiger partial charge in [0, 0.05) is 16.5 Å². The number of allylic oxidation sites excluding steroid dienone is 1. The maximum absolute atomic E-state index is 10.7. The van der Waals surface area contributed by atoms with Crippen LogP contribution in [-0.2, 0) is 0 Å². The Labute approximate surface area is 144 Å². The molecule has 3 heteroatoms. The molecule has 0 aliphatic rings. The van der Waals surface area contributed by atoms with Gasteiger partial charge in [-0.1, -0.05) is 54.6 Å². The Bertz CT molecular complexity index is 1090. The van der Waals surface area contributed by atoms with Crippen LogP contribution in [0.1, 0.15) is 23.1 Å². The van der Waals surface area contributed by atoms with E-state index in [0.29, 0.717) is 5.76 Å². The van der Waals surface area contributed by atoms with Crippen LogP contribution in [0.2, 0.25) is 0 Å². The summed E-state index contributed by atoms with van der Waals surface area (Å²) in [7, 11) is 0. The standard InChI is InChI=1S/C21H17NOS/c1-13-7-3-5-9-16(13)20(23)14(2)21-22-19-17-10-6-4-8-15(17)11-12-18(19)24-21/h3-12,23H,1-2H3. The van der Waals surface area contributed by atoms with Gasteiger partial charge in [-0.05, 0) is 30.9 Å². The van der Waals surface area contributed by atoms with E-state index in [-0.39, 0.29) is 0 Å². The van der Waals surface area contributed by atoms with E-state index in [9.17, 15) is 5.11 Å². The second-order valence-corrected chi connectivity index (χ2v) is 6.97. The summed E-state index contributed by atoms with van der Waals surface area (Å²) >= 11 is 1.62. The van der Waals surface area contributed by atoms with Crippen LogP contribution in [0.3, 0.4) is 0 Å². The van der Waals surface area contributed by atoms with Crippen molar-refractivity contribution in [2.24, 2.45) is 0 Å². The maximum Gasteiger partial charge on any atom is 0.128 e. The molecule has 0 atom stereocenters. The monoisotopic (exact) mass is 331 g/mol. The van der Waals surface area contributed by atoms with Crippen molar-refractivity contribution < 1.29 is 5.11 Å². The van der Waals surface area contributed by atoms with E-state index in [2.05, 4.69) is 24.3 Å². The van der Waals surface area contributed by atoms with E-state index < -0.39 is 0 Å². The Morgan fingerprint density at radius 3 is 2.54 bits per heavy atom. The van der Waals surface area contributed by atoms with Crippen molar-refractivity contribution in [2.75, 3.05) is 0 Å². The summed E-state index contributed by atoms with van der Waals surface area (Å²) in [6.07, 6.45) is 0. The van der Waals surface area contributed by atoms with E-state index in [1.54, 1.807) is 11.3 Å². The Hall–Kier alpha value is -2.65. The van der Waals surface area contributed by atoms with Crippen LogP contribution in [0.4, 0.5) is 0 Å². The molecule has 0 bridgehead atoms. The normalized spacial score (nSPS) is 12.6. The highest BCUT2D eigenvalue weighted by Crippen LogP contribution is 2.34. The van der Waals surface area contributed by atoms with Gasteiger partial charge < -0.3 is 5.11 Å². The molecule has 0 aliphatic heterocycles. The Morgan fingerprint density at radius 1 is 0.958 bits per heavy atom. The largest absolute Gasteiger partial charge is 0.507 e. The molecule has 0 aliphatic carbocycles. The Balaban J connectivity index is 1.91. The molecule has 0 unspecified atom stereocenters. The van der Waals surface area contributed by atoms with Crippen LogP contribution in [0, 0.1) is 6.92 Å². The van der Waals surface area contributed by atoms with Gasteiger partial charge >= 0.3 is 0 Å². The molecular weight excluding hydrogens is 314 g/mol. The van der Waals surface area contributed by atoms with Gasteiger partial charge in [0.25, 0.3) is 0 Å². The van der Waals surface area contributed by atoms with Gasteiger partial charge in [-0.3, -0.25) is 0 Å². The Morgan fingerprint density at radius 2 is 1.71 bits per heavy atom. The lowest BCUT2D eigenvalue weighted by Gasteiger charge is -2.07. The van der Waals surface area contributed by atoms with Crippen molar-refractivity contribution in [1.29, 1.82) is 0 Å². The number of fused-ring (bicyclic) bond motifs is 3. The van der Waals surface area contributed by atoms with Crippen molar-refractivity contribution in [3.8, 4) is 0 Å². The molecule has 0 fully saturated rings. The third-order valence-electron chi connectivity index (χ3n) is 4.36. The van der Waals surface area contributed by atoms with Crippen LogP contribution in [0.5, 0.6) is 0 Å². The Kier molecular flexibility index (Phi) is 3.58. The first kappa shape index (κ1) is 14.9. The summed E-state index contributed by atoms with van der Waals surface area (Å²) in [6.45, 7) is 3.94. The third-order valence-corrected chi connectivity index (χ3v) is 5.50. The predicted molar refractivity (Wildman–Crippen MR) is 103 cm³/mol. The molecule has 4 aromatic rings. The van der Waals surface area contributed by atoms with Crippen molar-refractivity contribution in [1.82, 2.24) is 4.98 Å². The highest BCUT2D eigenvalue weighted by atomic mass is 32.1. The number of aliphatic hydroxyl groups excluding tert-OH is 1. The summed E-state index contributed by atoms with van der Waals surface area (Å²) in [5, 5.41) is 13.9. The van der Waals surface area contributed by atoms with Crippen LogP contribution in [-0.4, -0.2) is 10.1 Å². The van der Waals surface area contributed by atoms with Gasteiger partial charge in [0.05, 0.1) is 10.2 Å². The highest BCUT2D eigenvalue weighted by molar-refractivity contribution is 7.19. The molecule has 3 aromatic carbocycles. The van der Waals surface area contributed by atoms with E-state index >= 15 is 0 Å². The zero-order valence-corrected chi connectivity index (χ0v) is 14.4. The fourth-order valence-electron chi connectivity index (χ4n) is 2.96. The molecule has 2 nitrogen and oxygen atoms in total. The summed E-state index contributed by atoms with van der Waals surface area (Å²) in [4.78, 5) is 4.82. The predicted octanol–water partition coefficient (Wildman–Crippen LogP) is 6.20. The number of nitrogens with zero attached hydrogens (tertiary/aromatic N) is 1. The van der Waals surface area contributed by atoms with Gasteiger partial charge in [0.2, 0.25) is 0 Å². The zero-order chi connectivity index (χ0) is 16.7. The first-order chi connectivity index (χ1) is 11.6. The number of thiazole rings is 1. The minimum Gasteiger partial charge on any atom is -0.507 e. The van der Waals surface area contributed by atoms with Crippen LogP contribution >= 0.6 is 11.3 Å². The number of aromatic nitrogens is 1. The molecule has 1 heterocycles. The van der Waals surface area contributed by atoms with Crippen LogP contribution < -0.4 is 0 Å². The average molecular weight is 331 g/mol. The topological polar surface area (TPSA) is 33.1 Å². The first-order valence-corrected chi connectivity index (χ1v) is 8.71. The third kappa shape index (κ3) is 2.38. The SMILES string of the molecule is CC(=C(O)c1ccccc1C)c1nc2c(ccc3ccccc32)s1. The summed E-state index contributed by atoms with van der Waals surface area (Å²) in [6, 6.07) is 20.4. The van der Waals surface area contributed by atoms with E-state index in [1.807, 2.05) is 50.2 Å². The van der Waals surface area contributed by atoms with Crippen LogP contribution in [0.25, 0.3) is 32.3 Å². The molecule has 0 spiro atoms. The molecule has 1 N–H and O–H groups in total. The smallest absolute Gasteiger partial charge is 0.128 e. The summed E-state index contributed by atoms with van der Waals surface area (Å²) in [5.41, 5.74) is 3.74. The molecular formula is C21H17NOS. The number of benzene rings is 3. The minimum absolute atomic E-state index is 0.302. The zero-order valence-electron chi connectivity index (χ0n) is 13.6. The van der Waals surface area contributed by atoms with Crippen molar-refractivity contribution in [3.05, 3.63) is 76.8 Å². The fraction of sp³-hybridized carbons (Fsp3) is 0.0952. The lowest BCUT2D eigenvalue weighted by molar-refractivity contribution is 0.512. The fourth-order valence-corrected chi connectivity index (χ4v) is 3.95. The summed E-state index contributed by atoms with van der Waals surface area (Å²) in [5.74, 6) is 0.302. The maximum atomic E-state index is 10.7. The first-order valence-electron chi connectivity index (χ1n) is 7.89. The lowest BCUT2D eigenvalue weighted by Crippen LogP contribution is -1.91. The lowest BCUT2D eigenvalue weighted by atomic mass is 10.0.